The molecule has 3 fully saturated rings. The predicted molar refractivity (Wildman–Crippen MR) is 115 cm³/mol. The van der Waals surface area contributed by atoms with Crippen LogP contribution in [0.5, 0.6) is 11.5 Å². The first kappa shape index (κ1) is 21.9. The first-order valence-corrected chi connectivity index (χ1v) is 11.3. The second kappa shape index (κ2) is 7.44. The molecule has 1 aliphatic heterocycles. The lowest BCUT2D eigenvalue weighted by atomic mass is 9.52. The van der Waals surface area contributed by atoms with Crippen LogP contribution in [-0.2, 0) is 15.0 Å². The van der Waals surface area contributed by atoms with Crippen molar-refractivity contribution in [1.29, 1.82) is 0 Å². The van der Waals surface area contributed by atoms with Crippen LogP contribution in [0.2, 0.25) is 0 Å². The van der Waals surface area contributed by atoms with E-state index in [2.05, 4.69) is 22.2 Å². The molecule has 7 rings (SSSR count). The van der Waals surface area contributed by atoms with Gasteiger partial charge in [-0.1, -0.05) is 30.4 Å². The van der Waals surface area contributed by atoms with Crippen LogP contribution >= 0.6 is 0 Å². The minimum atomic E-state index is -4.81. The Morgan fingerprint density at radius 3 is 2.54 bits per heavy atom. The van der Waals surface area contributed by atoms with Crippen LogP contribution in [0, 0.1) is 29.6 Å². The van der Waals surface area contributed by atoms with E-state index in [1.165, 1.54) is 12.1 Å². The molecule has 0 spiro atoms. The number of Topliss-reactive ketones (excluding diaryl/α,β-unsaturated/α-hetero) is 1. The summed E-state index contributed by atoms with van der Waals surface area (Å²) in [6.07, 6.45) is 0.213. The third kappa shape index (κ3) is 3.36. The van der Waals surface area contributed by atoms with E-state index in [1.54, 1.807) is 12.1 Å². The fourth-order valence-corrected chi connectivity index (χ4v) is 6.43. The first-order valence-electron chi connectivity index (χ1n) is 11.3. The van der Waals surface area contributed by atoms with Gasteiger partial charge in [-0.15, -0.1) is 13.2 Å². The largest absolute Gasteiger partial charge is 0.573 e. The monoisotopic (exact) mass is 483 g/mol. The van der Waals surface area contributed by atoms with Gasteiger partial charge in [0.15, 0.2) is 12.4 Å². The summed E-state index contributed by atoms with van der Waals surface area (Å²) >= 11 is 0. The Kier molecular flexibility index (Phi) is 4.65. The van der Waals surface area contributed by atoms with Crippen molar-refractivity contribution in [3.05, 3.63) is 71.8 Å². The minimum absolute atomic E-state index is 0.0669. The van der Waals surface area contributed by atoms with E-state index < -0.39 is 35.1 Å². The number of alkyl halides is 3. The number of hydrogen-bond donors (Lipinski definition) is 1. The summed E-state index contributed by atoms with van der Waals surface area (Å²) in [6, 6.07) is 11.8. The van der Waals surface area contributed by atoms with Gasteiger partial charge in [-0.25, -0.2) is 0 Å². The highest BCUT2D eigenvalue weighted by molar-refractivity contribution is 6.07. The number of nitrogens with one attached hydrogen (secondary N) is 1. The maximum absolute atomic E-state index is 12.9. The van der Waals surface area contributed by atoms with Gasteiger partial charge in [0.1, 0.15) is 11.5 Å². The SMILES string of the molecule is O=C(COc1ccccc1C12C=CC(C3CC31)C1C(=O)NC(=O)C12)c1ccc(OC(F)(F)F)cc1. The number of carbonyl (C=O) groups excluding carboxylic acids is 3. The van der Waals surface area contributed by atoms with E-state index in [0.717, 1.165) is 24.1 Å². The molecular weight excluding hydrogens is 463 g/mol. The Labute approximate surface area is 198 Å². The van der Waals surface area contributed by atoms with Gasteiger partial charge < -0.3 is 9.47 Å². The lowest BCUT2D eigenvalue weighted by Gasteiger charge is -2.48. The topological polar surface area (TPSA) is 81.7 Å². The summed E-state index contributed by atoms with van der Waals surface area (Å²) < 4.78 is 46.9. The van der Waals surface area contributed by atoms with Gasteiger partial charge in [0.2, 0.25) is 11.8 Å². The summed E-state index contributed by atoms with van der Waals surface area (Å²) in [5.74, 6) is -1.19. The molecule has 4 aliphatic carbocycles. The molecule has 0 aromatic heterocycles. The van der Waals surface area contributed by atoms with Crippen molar-refractivity contribution in [2.75, 3.05) is 6.61 Å². The highest BCUT2D eigenvalue weighted by atomic mass is 19.4. The molecule has 6 nitrogen and oxygen atoms in total. The minimum Gasteiger partial charge on any atom is -0.485 e. The van der Waals surface area contributed by atoms with E-state index in [1.807, 2.05) is 12.1 Å². The molecular formula is C26H20F3NO5. The Morgan fingerprint density at radius 1 is 1.06 bits per heavy atom. The van der Waals surface area contributed by atoms with E-state index in [4.69, 9.17) is 4.74 Å². The summed E-state index contributed by atoms with van der Waals surface area (Å²) in [7, 11) is 0. The van der Waals surface area contributed by atoms with Crippen molar-refractivity contribution < 1.29 is 37.0 Å². The number of imide groups is 1. The van der Waals surface area contributed by atoms with Crippen LogP contribution in [-0.4, -0.2) is 30.6 Å². The molecule has 2 amide bonds. The third-order valence-electron chi connectivity index (χ3n) is 7.78. The highest BCUT2D eigenvalue weighted by Crippen LogP contribution is 2.71. The molecule has 6 atom stereocenters. The van der Waals surface area contributed by atoms with Crippen molar-refractivity contribution in [3.8, 4) is 11.5 Å². The van der Waals surface area contributed by atoms with Crippen LogP contribution in [0.1, 0.15) is 22.3 Å². The summed E-state index contributed by atoms with van der Waals surface area (Å²) in [5, 5.41) is 2.51. The van der Waals surface area contributed by atoms with Crippen LogP contribution < -0.4 is 14.8 Å². The molecule has 5 aliphatic rings. The summed E-state index contributed by atoms with van der Waals surface area (Å²) in [6.45, 7) is -0.341. The number of benzene rings is 2. The molecule has 180 valence electrons. The fraction of sp³-hybridized carbons (Fsp3) is 0.346. The smallest absolute Gasteiger partial charge is 0.485 e. The molecule has 1 saturated heterocycles. The van der Waals surface area contributed by atoms with Gasteiger partial charge in [0.05, 0.1) is 11.8 Å². The van der Waals surface area contributed by atoms with Crippen LogP contribution in [0.4, 0.5) is 13.2 Å². The number of ketones is 1. The van der Waals surface area contributed by atoms with Crippen LogP contribution in [0.25, 0.3) is 0 Å². The van der Waals surface area contributed by atoms with Gasteiger partial charge in [-0.05, 0) is 54.5 Å². The van der Waals surface area contributed by atoms with Crippen molar-refractivity contribution in [1.82, 2.24) is 5.32 Å². The van der Waals surface area contributed by atoms with Gasteiger partial charge >= 0.3 is 6.36 Å². The second-order valence-corrected chi connectivity index (χ2v) is 9.51. The van der Waals surface area contributed by atoms with E-state index >= 15 is 0 Å². The van der Waals surface area contributed by atoms with Gasteiger partial charge in [-0.2, -0.15) is 0 Å². The Balaban J connectivity index is 1.26. The number of hydrogen-bond acceptors (Lipinski definition) is 5. The van der Waals surface area contributed by atoms with E-state index in [0.29, 0.717) is 11.7 Å². The van der Waals surface area contributed by atoms with Crippen molar-refractivity contribution in [2.24, 2.45) is 29.6 Å². The molecule has 9 heteroatoms. The highest BCUT2D eigenvalue weighted by Gasteiger charge is 2.72. The summed E-state index contributed by atoms with van der Waals surface area (Å²) in [5.41, 5.74) is 0.260. The van der Waals surface area contributed by atoms with E-state index in [-0.39, 0.29) is 35.8 Å². The van der Waals surface area contributed by atoms with Crippen molar-refractivity contribution >= 4 is 17.6 Å². The fourth-order valence-electron chi connectivity index (χ4n) is 6.43. The molecule has 2 saturated carbocycles. The number of rotatable bonds is 6. The lowest BCUT2D eigenvalue weighted by molar-refractivity contribution is -0.274. The van der Waals surface area contributed by atoms with E-state index in [9.17, 15) is 27.6 Å². The number of amides is 2. The van der Waals surface area contributed by atoms with Crippen LogP contribution in [0.3, 0.4) is 0 Å². The number of allylic oxidation sites excluding steroid dienone is 2. The number of carbonyl (C=O) groups is 3. The molecule has 35 heavy (non-hydrogen) atoms. The van der Waals surface area contributed by atoms with Gasteiger partial charge in [0, 0.05) is 16.5 Å². The van der Waals surface area contributed by atoms with Crippen molar-refractivity contribution in [2.45, 2.75) is 18.2 Å². The Morgan fingerprint density at radius 2 is 1.80 bits per heavy atom. The maximum atomic E-state index is 12.9. The molecule has 6 unspecified atom stereocenters. The zero-order valence-electron chi connectivity index (χ0n) is 18.2. The molecule has 2 aromatic rings. The average molecular weight is 483 g/mol. The number of halogens is 3. The van der Waals surface area contributed by atoms with Gasteiger partial charge in [0.25, 0.3) is 0 Å². The molecule has 1 heterocycles. The number of para-hydroxylation sites is 1. The molecule has 2 bridgehead atoms. The Bertz CT molecular complexity index is 1270. The second-order valence-electron chi connectivity index (χ2n) is 9.51. The zero-order chi connectivity index (χ0) is 24.5. The molecule has 0 radical (unpaired) electrons. The standard InChI is InChI=1S/C26H20F3NO5/c27-26(28,29)35-14-7-5-13(6-8-14)19(31)12-34-20-4-2-1-3-17(20)25-10-9-15(16-11-18(16)25)21-22(25)24(33)30-23(21)32/h1-10,15-16,18,21-22H,11-12H2,(H,30,32,33). The Hall–Kier alpha value is -3.62. The number of ether oxygens (including phenoxy) is 2. The lowest BCUT2D eigenvalue weighted by Crippen LogP contribution is -2.51. The summed E-state index contributed by atoms with van der Waals surface area (Å²) in [4.78, 5) is 38.2. The maximum Gasteiger partial charge on any atom is 0.573 e. The quantitative estimate of drug-likeness (QED) is 0.384. The third-order valence-corrected chi connectivity index (χ3v) is 7.78. The normalized spacial score (nSPS) is 32.0. The first-order chi connectivity index (χ1) is 16.7. The molecule has 1 N–H and O–H groups in total. The van der Waals surface area contributed by atoms with Gasteiger partial charge in [-0.3, -0.25) is 19.7 Å². The molecule has 2 aromatic carbocycles. The average Bonchev–Trinajstić information content (AvgIpc) is 3.59. The zero-order valence-corrected chi connectivity index (χ0v) is 18.2. The van der Waals surface area contributed by atoms with Crippen molar-refractivity contribution in [3.63, 3.8) is 0 Å². The van der Waals surface area contributed by atoms with Crippen LogP contribution in [0.15, 0.2) is 60.7 Å². The predicted octanol–water partition coefficient (Wildman–Crippen LogP) is 3.81.